The van der Waals surface area contributed by atoms with Crippen molar-refractivity contribution in [2.24, 2.45) is 13.0 Å². The lowest BCUT2D eigenvalue weighted by molar-refractivity contribution is -0.0618. The molecule has 2 saturated carbocycles. The fourth-order valence-electron chi connectivity index (χ4n) is 4.65. The molecule has 0 aromatic carbocycles. The minimum Gasteiger partial charge on any atom is -0.381 e. The maximum absolute atomic E-state index is 5.82. The van der Waals surface area contributed by atoms with Gasteiger partial charge in [0.25, 0.3) is 0 Å². The molecule has 0 spiro atoms. The van der Waals surface area contributed by atoms with Crippen molar-refractivity contribution in [1.29, 1.82) is 0 Å². The summed E-state index contributed by atoms with van der Waals surface area (Å²) in [5, 5.41) is 9.00. The first kappa shape index (κ1) is 16.5. The summed E-state index contributed by atoms with van der Waals surface area (Å²) in [6.45, 7) is 3.48. The molecule has 1 aliphatic heterocycles. The van der Waals surface area contributed by atoms with Crippen LogP contribution in [0.2, 0.25) is 0 Å². The predicted molar refractivity (Wildman–Crippen MR) is 90.8 cm³/mol. The summed E-state index contributed by atoms with van der Waals surface area (Å²) in [6.07, 6.45) is 7.94. The second-order valence-electron chi connectivity index (χ2n) is 7.64. The minimum absolute atomic E-state index is 0.379. The monoisotopic (exact) mass is 334 g/mol. The largest absolute Gasteiger partial charge is 0.381 e. The lowest BCUT2D eigenvalue weighted by Gasteiger charge is -2.40. The molecule has 0 N–H and O–H groups in total. The third-order valence-electron chi connectivity index (χ3n) is 6.39. The average molecular weight is 334 g/mol. The summed E-state index contributed by atoms with van der Waals surface area (Å²) in [5.74, 6) is 3.48. The highest BCUT2D eigenvalue weighted by Crippen LogP contribution is 2.36. The van der Waals surface area contributed by atoms with E-state index in [1.54, 1.807) is 0 Å². The molecule has 4 rings (SSSR count). The zero-order chi connectivity index (χ0) is 16.5. The van der Waals surface area contributed by atoms with Gasteiger partial charge >= 0.3 is 0 Å². The molecule has 3 aliphatic rings. The van der Waals surface area contributed by atoms with E-state index in [9.17, 15) is 0 Å². The summed E-state index contributed by atoms with van der Waals surface area (Å²) < 4.78 is 13.8. The van der Waals surface area contributed by atoms with Crippen molar-refractivity contribution in [3.63, 3.8) is 0 Å². The Balaban J connectivity index is 1.48. The van der Waals surface area contributed by atoms with Crippen LogP contribution in [0.25, 0.3) is 0 Å². The second kappa shape index (κ2) is 7.10. The van der Waals surface area contributed by atoms with E-state index in [0.29, 0.717) is 24.0 Å². The molecule has 2 heterocycles. The number of hydrogen-bond donors (Lipinski definition) is 0. The van der Waals surface area contributed by atoms with E-state index in [4.69, 9.17) is 9.47 Å². The Hall–Kier alpha value is -0.980. The molecule has 0 amide bonds. The molecule has 24 heavy (non-hydrogen) atoms. The van der Waals surface area contributed by atoms with E-state index >= 15 is 0 Å². The van der Waals surface area contributed by atoms with Gasteiger partial charge in [-0.3, -0.25) is 4.90 Å². The summed E-state index contributed by atoms with van der Waals surface area (Å²) in [7, 11) is 3.98. The highest BCUT2D eigenvalue weighted by Gasteiger charge is 2.39. The zero-order valence-corrected chi connectivity index (χ0v) is 15.0. The van der Waals surface area contributed by atoms with E-state index in [-0.39, 0.29) is 0 Å². The van der Waals surface area contributed by atoms with Crippen LogP contribution in [0.5, 0.6) is 0 Å². The number of morpholine rings is 1. The van der Waals surface area contributed by atoms with Crippen molar-refractivity contribution >= 4 is 0 Å². The molecule has 1 saturated heterocycles. The molecule has 134 valence electrons. The summed E-state index contributed by atoms with van der Waals surface area (Å²) in [6, 6.07) is 0.440. The van der Waals surface area contributed by atoms with Crippen LogP contribution < -0.4 is 0 Å². The highest BCUT2D eigenvalue weighted by atomic mass is 16.5. The SMILES string of the molecule is CO[C@@H]1CCC[C@H]1[C@H]1COCCN1Cc1nnc(C2CCC2)n1C. The predicted octanol–water partition coefficient (Wildman–Crippen LogP) is 2.10. The van der Waals surface area contributed by atoms with Crippen LogP contribution >= 0.6 is 0 Å². The highest BCUT2D eigenvalue weighted by molar-refractivity contribution is 5.05. The molecule has 0 bridgehead atoms. The molecule has 6 heteroatoms. The fraction of sp³-hybridized carbons (Fsp3) is 0.889. The van der Waals surface area contributed by atoms with E-state index < -0.39 is 0 Å². The number of aromatic nitrogens is 3. The molecule has 3 atom stereocenters. The number of methoxy groups -OCH3 is 1. The van der Waals surface area contributed by atoms with Gasteiger partial charge in [0.2, 0.25) is 0 Å². The quantitative estimate of drug-likeness (QED) is 0.825. The Morgan fingerprint density at radius 2 is 2.00 bits per heavy atom. The van der Waals surface area contributed by atoms with Crippen molar-refractivity contribution in [3.8, 4) is 0 Å². The van der Waals surface area contributed by atoms with Crippen LogP contribution in [0.4, 0.5) is 0 Å². The van der Waals surface area contributed by atoms with Gasteiger partial charge in [0.05, 0.1) is 25.9 Å². The Kier molecular flexibility index (Phi) is 4.88. The van der Waals surface area contributed by atoms with E-state index in [1.807, 2.05) is 7.11 Å². The number of hydrogen-bond acceptors (Lipinski definition) is 5. The van der Waals surface area contributed by atoms with Crippen molar-refractivity contribution in [1.82, 2.24) is 19.7 Å². The Labute approximate surface area is 144 Å². The molecule has 2 aliphatic carbocycles. The zero-order valence-electron chi connectivity index (χ0n) is 15.0. The maximum atomic E-state index is 5.82. The first-order valence-corrected chi connectivity index (χ1v) is 9.50. The van der Waals surface area contributed by atoms with Crippen molar-refractivity contribution in [2.75, 3.05) is 26.9 Å². The van der Waals surface area contributed by atoms with Crippen LogP contribution in [0.3, 0.4) is 0 Å². The van der Waals surface area contributed by atoms with E-state index in [0.717, 1.165) is 32.1 Å². The number of nitrogens with zero attached hydrogens (tertiary/aromatic N) is 4. The molecule has 3 fully saturated rings. The molecular weight excluding hydrogens is 304 g/mol. The number of ether oxygens (including phenoxy) is 2. The lowest BCUT2D eigenvalue weighted by Crippen LogP contribution is -2.51. The topological polar surface area (TPSA) is 52.4 Å². The summed E-state index contributed by atoms with van der Waals surface area (Å²) in [4.78, 5) is 2.56. The van der Waals surface area contributed by atoms with Crippen molar-refractivity contribution in [2.45, 2.75) is 63.1 Å². The van der Waals surface area contributed by atoms with Gasteiger partial charge in [0.1, 0.15) is 11.6 Å². The normalized spacial score (nSPS) is 32.2. The Bertz CT molecular complexity index is 557. The van der Waals surface area contributed by atoms with Crippen LogP contribution in [0.15, 0.2) is 0 Å². The molecular formula is C18H30N4O2. The van der Waals surface area contributed by atoms with Gasteiger partial charge < -0.3 is 14.0 Å². The van der Waals surface area contributed by atoms with Crippen LogP contribution in [0, 0.1) is 5.92 Å². The van der Waals surface area contributed by atoms with Gasteiger partial charge in [0.15, 0.2) is 0 Å². The Morgan fingerprint density at radius 3 is 2.75 bits per heavy atom. The minimum atomic E-state index is 0.379. The van der Waals surface area contributed by atoms with Gasteiger partial charge in [-0.15, -0.1) is 10.2 Å². The van der Waals surface area contributed by atoms with Crippen molar-refractivity contribution in [3.05, 3.63) is 11.6 Å². The second-order valence-corrected chi connectivity index (χ2v) is 7.64. The first-order valence-electron chi connectivity index (χ1n) is 9.50. The third kappa shape index (κ3) is 3.00. The van der Waals surface area contributed by atoms with Gasteiger partial charge in [0, 0.05) is 38.6 Å². The lowest BCUT2D eigenvalue weighted by atomic mass is 9.85. The number of rotatable bonds is 5. The molecule has 1 aromatic heterocycles. The Morgan fingerprint density at radius 1 is 1.17 bits per heavy atom. The van der Waals surface area contributed by atoms with Crippen LogP contribution in [-0.2, 0) is 23.1 Å². The van der Waals surface area contributed by atoms with Crippen molar-refractivity contribution < 1.29 is 9.47 Å². The fourth-order valence-corrected chi connectivity index (χ4v) is 4.65. The molecule has 6 nitrogen and oxygen atoms in total. The molecule has 0 unspecified atom stereocenters. The average Bonchev–Trinajstić information content (AvgIpc) is 3.15. The van der Waals surface area contributed by atoms with E-state index in [1.165, 1.54) is 44.3 Å². The van der Waals surface area contributed by atoms with E-state index in [2.05, 4.69) is 26.7 Å². The smallest absolute Gasteiger partial charge is 0.146 e. The van der Waals surface area contributed by atoms with Gasteiger partial charge in [-0.1, -0.05) is 12.8 Å². The third-order valence-corrected chi connectivity index (χ3v) is 6.39. The molecule has 1 aromatic rings. The van der Waals surface area contributed by atoms with Crippen LogP contribution in [0.1, 0.15) is 56.1 Å². The summed E-state index contributed by atoms with van der Waals surface area (Å²) >= 11 is 0. The van der Waals surface area contributed by atoms with Gasteiger partial charge in [-0.05, 0) is 25.7 Å². The first-order chi connectivity index (χ1) is 11.8. The van der Waals surface area contributed by atoms with Crippen LogP contribution in [-0.4, -0.2) is 58.7 Å². The summed E-state index contributed by atoms with van der Waals surface area (Å²) in [5.41, 5.74) is 0. The molecule has 0 radical (unpaired) electrons. The standard InChI is InChI=1S/C18H30N4O2/c1-21-17(19-20-18(21)13-5-3-6-13)11-22-9-10-24-12-15(22)14-7-4-8-16(14)23-2/h13-16H,3-12H2,1-2H3/t14-,15+,16+/m0/s1. The maximum Gasteiger partial charge on any atom is 0.146 e. The van der Waals surface area contributed by atoms with Gasteiger partial charge in [-0.25, -0.2) is 0 Å². The van der Waals surface area contributed by atoms with Gasteiger partial charge in [-0.2, -0.15) is 0 Å².